The van der Waals surface area contributed by atoms with E-state index in [2.05, 4.69) is 189 Å². The Morgan fingerprint density at radius 2 is 0.614 bits per heavy atom. The second-order valence-corrected chi connectivity index (χ2v) is 17.4. The molecule has 70 heavy (non-hydrogen) atoms. The van der Waals surface area contributed by atoms with Crippen molar-refractivity contribution < 1.29 is 9.47 Å². The summed E-state index contributed by atoms with van der Waals surface area (Å²) in [6.45, 7) is 0. The number of hydrogen-bond acceptors (Lipinski definition) is 6. The van der Waals surface area contributed by atoms with Crippen LogP contribution >= 0.6 is 0 Å². The standard InChI is InChI=1S/C62H40N6O2/c1-3-19-43(20-4-1)65-49-25-9-7-23-47(49)63-61(65)41-35-37-45(55(39-41)67-51-27-11-15-31-57(51)69-58-32-16-12-28-52(58)67)46-38-36-42(62-64-48-24-8-10-26-50(48)66(62)44-21-5-2-6-22-44)40-56(46)68-53-29-13-17-33-59(53)70-60-34-18-14-30-54(60)68/h1-40H. The molecule has 2 aliphatic rings. The second-order valence-electron chi connectivity index (χ2n) is 17.4. The maximum atomic E-state index is 6.65. The number of hydrogen-bond donors (Lipinski definition) is 0. The number of para-hydroxylation sites is 14. The lowest BCUT2D eigenvalue weighted by Gasteiger charge is -2.36. The molecular weight excluding hydrogens is 861 g/mol. The van der Waals surface area contributed by atoms with E-state index in [0.717, 1.165) is 124 Å². The van der Waals surface area contributed by atoms with Crippen LogP contribution in [-0.2, 0) is 0 Å². The van der Waals surface area contributed by atoms with E-state index in [-0.39, 0.29) is 0 Å². The summed E-state index contributed by atoms with van der Waals surface area (Å²) in [7, 11) is 0. The molecular formula is C62H40N6O2. The largest absolute Gasteiger partial charge is 0.453 e. The number of imidazole rings is 2. The molecule has 0 atom stereocenters. The summed E-state index contributed by atoms with van der Waals surface area (Å²) in [5.74, 6) is 4.73. The molecule has 0 radical (unpaired) electrons. The lowest BCUT2D eigenvalue weighted by Crippen LogP contribution is -2.18. The van der Waals surface area contributed by atoms with Crippen LogP contribution in [0.3, 0.4) is 0 Å². The lowest BCUT2D eigenvalue weighted by molar-refractivity contribution is 0.476. The van der Waals surface area contributed by atoms with Crippen molar-refractivity contribution in [1.82, 2.24) is 19.1 Å². The Hall–Kier alpha value is -9.66. The van der Waals surface area contributed by atoms with Crippen LogP contribution in [0, 0.1) is 0 Å². The summed E-state index contributed by atoms with van der Waals surface area (Å²) in [6.07, 6.45) is 0. The van der Waals surface area contributed by atoms with Crippen LogP contribution in [0.2, 0.25) is 0 Å². The van der Waals surface area contributed by atoms with Gasteiger partial charge in [-0.25, -0.2) is 9.97 Å². The third-order valence-corrected chi connectivity index (χ3v) is 13.3. The number of benzene rings is 10. The summed E-state index contributed by atoms with van der Waals surface area (Å²) in [6, 6.07) is 84.3. The third-order valence-electron chi connectivity index (χ3n) is 13.3. The molecule has 2 aliphatic heterocycles. The minimum atomic E-state index is 0.764. The fraction of sp³-hybridized carbons (Fsp3) is 0. The van der Waals surface area contributed by atoms with E-state index >= 15 is 0 Å². The average Bonchev–Trinajstić information content (AvgIpc) is 4.02. The topological polar surface area (TPSA) is 60.6 Å². The Morgan fingerprint density at radius 1 is 0.286 bits per heavy atom. The van der Waals surface area contributed by atoms with Crippen LogP contribution in [0.1, 0.15) is 0 Å². The van der Waals surface area contributed by atoms with Gasteiger partial charge in [-0.15, -0.1) is 0 Å². The molecule has 8 nitrogen and oxygen atoms in total. The van der Waals surface area contributed by atoms with Crippen molar-refractivity contribution in [3.8, 4) is 68.3 Å². The van der Waals surface area contributed by atoms with Gasteiger partial charge in [-0.05, 0) is 109 Å². The van der Waals surface area contributed by atoms with E-state index in [1.807, 2.05) is 72.8 Å². The molecule has 0 spiro atoms. The SMILES string of the molecule is c1ccc(-n2c(-c3ccc(-c4ccc(-c5nc6ccccc6n5-c5ccccc5)cc4N4c5ccccc5Oc5ccccc54)c(N4c5ccccc5Oc5ccccc54)c3)nc3ccccc32)cc1. The Balaban J connectivity index is 1.08. The van der Waals surface area contributed by atoms with E-state index < -0.39 is 0 Å². The zero-order chi connectivity index (χ0) is 46.1. The minimum Gasteiger partial charge on any atom is -0.453 e. The summed E-state index contributed by atoms with van der Waals surface area (Å²) < 4.78 is 17.8. The first kappa shape index (κ1) is 39.5. The van der Waals surface area contributed by atoms with Crippen molar-refractivity contribution in [2.45, 2.75) is 0 Å². The first-order chi connectivity index (χ1) is 34.7. The fourth-order valence-corrected chi connectivity index (χ4v) is 10.2. The van der Waals surface area contributed by atoms with Crippen LogP contribution in [0.4, 0.5) is 34.1 Å². The highest BCUT2D eigenvalue weighted by molar-refractivity contribution is 6.02. The molecule has 10 aromatic carbocycles. The van der Waals surface area contributed by atoms with Gasteiger partial charge in [0, 0.05) is 33.6 Å². The van der Waals surface area contributed by atoms with Crippen LogP contribution in [0.25, 0.3) is 67.3 Å². The number of aromatic nitrogens is 4. The van der Waals surface area contributed by atoms with Crippen molar-refractivity contribution in [3.05, 3.63) is 243 Å². The molecule has 0 amide bonds. The number of ether oxygens (including phenoxy) is 2. The summed E-state index contributed by atoms with van der Waals surface area (Å²) in [5, 5.41) is 0. The van der Waals surface area contributed by atoms with Crippen molar-refractivity contribution in [2.75, 3.05) is 9.80 Å². The minimum absolute atomic E-state index is 0.764. The average molecular weight is 901 g/mol. The van der Waals surface area contributed by atoms with Crippen LogP contribution in [0.5, 0.6) is 23.0 Å². The summed E-state index contributed by atoms with van der Waals surface area (Å²) in [5.41, 5.74) is 15.5. The smallest absolute Gasteiger partial charge is 0.151 e. The highest BCUT2D eigenvalue weighted by Gasteiger charge is 2.32. The fourth-order valence-electron chi connectivity index (χ4n) is 10.2. The predicted octanol–water partition coefficient (Wildman–Crippen LogP) is 16.5. The van der Waals surface area contributed by atoms with Gasteiger partial charge in [0.2, 0.25) is 0 Å². The molecule has 0 saturated carbocycles. The van der Waals surface area contributed by atoms with E-state index in [1.165, 1.54) is 0 Å². The Kier molecular flexibility index (Phi) is 9.03. The van der Waals surface area contributed by atoms with Gasteiger partial charge in [-0.2, -0.15) is 0 Å². The molecule has 0 fully saturated rings. The Morgan fingerprint density at radius 3 is 1.00 bits per heavy atom. The monoisotopic (exact) mass is 900 g/mol. The van der Waals surface area contributed by atoms with Crippen LogP contribution in [-0.4, -0.2) is 19.1 Å². The van der Waals surface area contributed by atoms with Crippen molar-refractivity contribution in [1.29, 1.82) is 0 Å². The third kappa shape index (κ3) is 6.31. The first-order valence-corrected chi connectivity index (χ1v) is 23.4. The molecule has 4 heterocycles. The second kappa shape index (κ2) is 16.0. The van der Waals surface area contributed by atoms with Crippen molar-refractivity contribution in [3.63, 3.8) is 0 Å². The van der Waals surface area contributed by atoms with Gasteiger partial charge in [0.25, 0.3) is 0 Å². The zero-order valence-corrected chi connectivity index (χ0v) is 37.6. The van der Waals surface area contributed by atoms with Crippen molar-refractivity contribution in [2.24, 2.45) is 0 Å². The highest BCUT2D eigenvalue weighted by atomic mass is 16.5. The Labute approximate surface area is 403 Å². The van der Waals surface area contributed by atoms with Gasteiger partial charge in [-0.3, -0.25) is 9.13 Å². The summed E-state index contributed by atoms with van der Waals surface area (Å²) in [4.78, 5) is 15.4. The maximum Gasteiger partial charge on any atom is 0.151 e. The number of nitrogens with zero attached hydrogens (tertiary/aromatic N) is 6. The molecule has 0 N–H and O–H groups in total. The van der Waals surface area contributed by atoms with E-state index in [0.29, 0.717) is 0 Å². The molecule has 2 aromatic heterocycles. The van der Waals surface area contributed by atoms with Gasteiger partial charge >= 0.3 is 0 Å². The molecule has 0 aliphatic carbocycles. The van der Waals surface area contributed by atoms with Gasteiger partial charge in [0.1, 0.15) is 11.6 Å². The summed E-state index contributed by atoms with van der Waals surface area (Å²) >= 11 is 0. The molecule has 12 aromatic rings. The number of fused-ring (bicyclic) bond motifs is 6. The van der Waals surface area contributed by atoms with Gasteiger partial charge in [0.15, 0.2) is 23.0 Å². The van der Waals surface area contributed by atoms with Crippen LogP contribution < -0.4 is 19.3 Å². The van der Waals surface area contributed by atoms with E-state index in [1.54, 1.807) is 0 Å². The quantitative estimate of drug-likeness (QED) is 0.159. The predicted molar refractivity (Wildman–Crippen MR) is 282 cm³/mol. The van der Waals surface area contributed by atoms with E-state index in [9.17, 15) is 0 Å². The maximum absolute atomic E-state index is 6.65. The molecule has 330 valence electrons. The van der Waals surface area contributed by atoms with E-state index in [4.69, 9.17) is 19.4 Å². The molecule has 0 saturated heterocycles. The first-order valence-electron chi connectivity index (χ1n) is 23.4. The Bertz CT molecular complexity index is 3640. The molecule has 8 heteroatoms. The number of rotatable bonds is 7. The van der Waals surface area contributed by atoms with Gasteiger partial charge in [0.05, 0.1) is 56.2 Å². The normalized spacial score (nSPS) is 12.5. The van der Waals surface area contributed by atoms with Gasteiger partial charge < -0.3 is 19.3 Å². The zero-order valence-electron chi connectivity index (χ0n) is 37.6. The highest BCUT2D eigenvalue weighted by Crippen LogP contribution is 2.57. The lowest BCUT2D eigenvalue weighted by atomic mass is 9.94. The van der Waals surface area contributed by atoms with Crippen LogP contribution in [0.15, 0.2) is 243 Å². The molecule has 0 unspecified atom stereocenters. The van der Waals surface area contributed by atoms with Gasteiger partial charge in [-0.1, -0.05) is 133 Å². The molecule has 0 bridgehead atoms. The number of anilines is 6. The van der Waals surface area contributed by atoms with Crippen molar-refractivity contribution >= 4 is 56.2 Å². The molecule has 14 rings (SSSR count).